The van der Waals surface area contributed by atoms with Crippen molar-refractivity contribution in [3.8, 4) is 22.6 Å². The highest BCUT2D eigenvalue weighted by Gasteiger charge is 2.20. The molecular formula is C28H28Cl2N4O3. The Bertz CT molecular complexity index is 1420. The van der Waals surface area contributed by atoms with Gasteiger partial charge in [-0.05, 0) is 42.9 Å². The van der Waals surface area contributed by atoms with Crippen LogP contribution in [-0.4, -0.2) is 63.2 Å². The van der Waals surface area contributed by atoms with E-state index in [2.05, 4.69) is 27.1 Å². The number of hydrogen-bond acceptors (Lipinski definition) is 5. The number of likely N-dealkylation sites (N-methyl/N-ethyl adjacent to an activating group) is 1. The van der Waals surface area contributed by atoms with Gasteiger partial charge in [-0.3, -0.25) is 4.79 Å². The van der Waals surface area contributed by atoms with Crippen LogP contribution in [0.4, 0.5) is 11.4 Å². The van der Waals surface area contributed by atoms with Crippen LogP contribution in [0.2, 0.25) is 10.0 Å². The molecule has 3 aromatic carbocycles. The lowest BCUT2D eigenvalue weighted by Crippen LogP contribution is -2.44. The van der Waals surface area contributed by atoms with E-state index in [4.69, 9.17) is 32.7 Å². The van der Waals surface area contributed by atoms with Crippen LogP contribution in [0.3, 0.4) is 0 Å². The Balaban J connectivity index is 1.37. The molecule has 2 heterocycles. The van der Waals surface area contributed by atoms with E-state index in [1.807, 2.05) is 42.5 Å². The van der Waals surface area contributed by atoms with Crippen molar-refractivity contribution in [2.45, 2.75) is 0 Å². The second-order valence-corrected chi connectivity index (χ2v) is 9.79. The highest BCUT2D eigenvalue weighted by Crippen LogP contribution is 2.46. The number of aromatic amines is 1. The van der Waals surface area contributed by atoms with Crippen LogP contribution in [0.25, 0.3) is 22.0 Å². The number of fused-ring (bicyclic) bond motifs is 1. The number of benzene rings is 3. The van der Waals surface area contributed by atoms with E-state index >= 15 is 0 Å². The third-order valence-corrected chi connectivity index (χ3v) is 7.54. The fourth-order valence-corrected chi connectivity index (χ4v) is 5.33. The van der Waals surface area contributed by atoms with Crippen molar-refractivity contribution >= 4 is 51.4 Å². The van der Waals surface area contributed by atoms with Crippen molar-refractivity contribution in [3.63, 3.8) is 0 Å². The van der Waals surface area contributed by atoms with Gasteiger partial charge in [0.2, 0.25) is 0 Å². The van der Waals surface area contributed by atoms with Gasteiger partial charge >= 0.3 is 0 Å². The first-order chi connectivity index (χ1) is 17.9. The lowest BCUT2D eigenvalue weighted by atomic mass is 10.0. The number of carbonyl (C=O) groups excluding carboxylic acids is 1. The largest absolute Gasteiger partial charge is 0.495 e. The van der Waals surface area contributed by atoms with E-state index in [9.17, 15) is 4.79 Å². The Morgan fingerprint density at radius 2 is 1.57 bits per heavy atom. The van der Waals surface area contributed by atoms with Crippen LogP contribution in [0, 0.1) is 0 Å². The molecule has 37 heavy (non-hydrogen) atoms. The SMILES string of the molecule is COc1cc(OC)c(Cl)c(-c2ccc3c(NC(=O)c4ccc(N5CCN(C)CC5)cc4)c[nH]c3c2)c1Cl. The average Bonchev–Trinajstić information content (AvgIpc) is 3.31. The zero-order valence-electron chi connectivity index (χ0n) is 20.9. The first kappa shape index (κ1) is 25.3. The first-order valence-electron chi connectivity index (χ1n) is 12.0. The lowest BCUT2D eigenvalue weighted by molar-refractivity contribution is 0.102. The number of nitrogens with zero attached hydrogens (tertiary/aromatic N) is 2. The second-order valence-electron chi connectivity index (χ2n) is 9.04. The van der Waals surface area contributed by atoms with Crippen molar-refractivity contribution in [2.24, 2.45) is 0 Å². The van der Waals surface area contributed by atoms with Gasteiger partial charge < -0.3 is 29.6 Å². The molecule has 5 rings (SSSR count). The Hall–Kier alpha value is -3.39. The van der Waals surface area contributed by atoms with Gasteiger partial charge in [-0.1, -0.05) is 35.3 Å². The maximum atomic E-state index is 13.0. The number of rotatable bonds is 6. The van der Waals surface area contributed by atoms with Crippen LogP contribution in [-0.2, 0) is 0 Å². The van der Waals surface area contributed by atoms with E-state index in [1.54, 1.807) is 26.5 Å². The summed E-state index contributed by atoms with van der Waals surface area (Å²) in [7, 11) is 5.22. The standard InChI is InChI=1S/C28H28Cl2N4O3/c1-33-10-12-34(13-11-33)19-7-4-17(5-8-19)28(35)32-22-16-31-21-14-18(6-9-20(21)22)25-26(29)23(36-2)15-24(37-3)27(25)30/h4-9,14-16,31H,10-13H2,1-3H3,(H,32,35). The van der Waals surface area contributed by atoms with Gasteiger partial charge in [0, 0.05) is 66.2 Å². The predicted molar refractivity (Wildman–Crippen MR) is 151 cm³/mol. The molecule has 1 amide bonds. The van der Waals surface area contributed by atoms with Gasteiger partial charge in [0.25, 0.3) is 5.91 Å². The Kier molecular flexibility index (Phi) is 7.20. The maximum Gasteiger partial charge on any atom is 0.255 e. The molecule has 1 aliphatic heterocycles. The second kappa shape index (κ2) is 10.5. The minimum atomic E-state index is -0.168. The van der Waals surface area contributed by atoms with Crippen LogP contribution in [0.1, 0.15) is 10.4 Å². The number of anilines is 2. The molecule has 7 nitrogen and oxygen atoms in total. The van der Waals surface area contributed by atoms with E-state index in [-0.39, 0.29) is 5.91 Å². The summed E-state index contributed by atoms with van der Waals surface area (Å²) in [5.74, 6) is 0.769. The molecule has 0 radical (unpaired) electrons. The Labute approximate surface area is 225 Å². The molecule has 0 bridgehead atoms. The van der Waals surface area contributed by atoms with E-state index in [1.165, 1.54) is 0 Å². The normalized spacial score (nSPS) is 14.1. The molecule has 0 saturated carbocycles. The van der Waals surface area contributed by atoms with Crippen molar-refractivity contribution in [1.82, 2.24) is 9.88 Å². The quantitative estimate of drug-likeness (QED) is 0.307. The van der Waals surface area contributed by atoms with Crippen molar-refractivity contribution in [3.05, 3.63) is 70.3 Å². The van der Waals surface area contributed by atoms with Gasteiger partial charge in [0.15, 0.2) is 0 Å². The fraction of sp³-hybridized carbons (Fsp3) is 0.250. The molecular weight excluding hydrogens is 511 g/mol. The van der Waals surface area contributed by atoms with Crippen molar-refractivity contribution < 1.29 is 14.3 Å². The zero-order valence-corrected chi connectivity index (χ0v) is 22.4. The molecule has 2 N–H and O–H groups in total. The number of piperazine rings is 1. The summed E-state index contributed by atoms with van der Waals surface area (Å²) < 4.78 is 10.8. The summed E-state index contributed by atoms with van der Waals surface area (Å²) in [6.07, 6.45) is 1.78. The van der Waals surface area contributed by atoms with Gasteiger partial charge in [-0.25, -0.2) is 0 Å². The van der Waals surface area contributed by atoms with Gasteiger partial charge in [0.1, 0.15) is 11.5 Å². The molecule has 192 valence electrons. The highest BCUT2D eigenvalue weighted by atomic mass is 35.5. The molecule has 9 heteroatoms. The number of halogens is 2. The first-order valence-corrected chi connectivity index (χ1v) is 12.7. The maximum absolute atomic E-state index is 13.0. The van der Waals surface area contributed by atoms with Crippen LogP contribution in [0.5, 0.6) is 11.5 Å². The molecule has 0 unspecified atom stereocenters. The number of methoxy groups -OCH3 is 2. The number of ether oxygens (including phenoxy) is 2. The van der Waals surface area contributed by atoms with Crippen LogP contribution in [0.15, 0.2) is 54.7 Å². The third kappa shape index (κ3) is 4.94. The minimum absolute atomic E-state index is 0.168. The molecule has 4 aromatic rings. The number of amides is 1. The summed E-state index contributed by atoms with van der Waals surface area (Å²) in [6, 6.07) is 15.2. The molecule has 0 atom stereocenters. The van der Waals surface area contributed by atoms with E-state index < -0.39 is 0 Å². The third-order valence-electron chi connectivity index (χ3n) is 6.79. The molecule has 1 fully saturated rings. The molecule has 0 spiro atoms. The van der Waals surface area contributed by atoms with E-state index in [0.29, 0.717) is 38.4 Å². The minimum Gasteiger partial charge on any atom is -0.495 e. The van der Waals surface area contributed by atoms with Crippen LogP contribution >= 0.6 is 23.2 Å². The smallest absolute Gasteiger partial charge is 0.255 e. The summed E-state index contributed by atoms with van der Waals surface area (Å²) in [4.78, 5) is 20.9. The van der Waals surface area contributed by atoms with Crippen molar-refractivity contribution in [1.29, 1.82) is 0 Å². The molecule has 1 saturated heterocycles. The molecule has 0 aliphatic carbocycles. The Morgan fingerprint density at radius 1 is 0.919 bits per heavy atom. The number of nitrogens with one attached hydrogen (secondary N) is 2. The predicted octanol–water partition coefficient (Wildman–Crippen LogP) is 6.16. The summed E-state index contributed by atoms with van der Waals surface area (Å²) >= 11 is 13.2. The number of hydrogen-bond donors (Lipinski definition) is 2. The van der Waals surface area contributed by atoms with Gasteiger partial charge in [-0.15, -0.1) is 0 Å². The lowest BCUT2D eigenvalue weighted by Gasteiger charge is -2.34. The highest BCUT2D eigenvalue weighted by molar-refractivity contribution is 6.41. The van der Waals surface area contributed by atoms with Gasteiger partial charge in [0.05, 0.1) is 30.0 Å². The topological polar surface area (TPSA) is 69.8 Å². The monoisotopic (exact) mass is 538 g/mol. The average molecular weight is 539 g/mol. The fourth-order valence-electron chi connectivity index (χ4n) is 4.61. The van der Waals surface area contributed by atoms with Crippen LogP contribution < -0.4 is 19.7 Å². The summed E-state index contributed by atoms with van der Waals surface area (Å²) in [5, 5.41) is 4.68. The number of aromatic nitrogens is 1. The molecule has 1 aromatic heterocycles. The number of carbonyl (C=O) groups is 1. The summed E-state index contributed by atoms with van der Waals surface area (Å²) in [5.41, 5.74) is 4.66. The summed E-state index contributed by atoms with van der Waals surface area (Å²) in [6.45, 7) is 4.04. The Morgan fingerprint density at radius 3 is 2.19 bits per heavy atom. The van der Waals surface area contributed by atoms with E-state index in [0.717, 1.165) is 48.3 Å². The zero-order chi connectivity index (χ0) is 26.1. The molecule has 1 aliphatic rings. The van der Waals surface area contributed by atoms with Gasteiger partial charge in [-0.2, -0.15) is 0 Å². The number of H-pyrrole nitrogens is 1. The van der Waals surface area contributed by atoms with Crippen molar-refractivity contribution in [2.75, 3.05) is 57.7 Å².